The minimum Gasteiger partial charge on any atom is -0.157 e. The van der Waals surface area contributed by atoms with Crippen molar-refractivity contribution in [2.24, 2.45) is 0 Å². The number of hydrogen-bond acceptors (Lipinski definition) is 2. The van der Waals surface area contributed by atoms with Crippen LogP contribution in [0.3, 0.4) is 0 Å². The first-order valence-corrected chi connectivity index (χ1v) is 5.63. The summed E-state index contributed by atoms with van der Waals surface area (Å²) < 4.78 is 1.06. The second-order valence-electron chi connectivity index (χ2n) is 3.17. The molecule has 0 amide bonds. The molecule has 0 fully saturated rings. The van der Waals surface area contributed by atoms with Crippen LogP contribution < -0.4 is 0 Å². The third-order valence-corrected chi connectivity index (χ3v) is 2.65. The molecular weight excluding hydrogens is 275 g/mol. The molecular formula is C11H8BrClN2. The summed E-state index contributed by atoms with van der Waals surface area (Å²) in [6, 6.07) is 9.93. The lowest BCUT2D eigenvalue weighted by Crippen LogP contribution is -1.93. The molecule has 2 aromatic rings. The number of nitrogens with zero attached hydrogens (tertiary/aromatic N) is 2. The van der Waals surface area contributed by atoms with Crippen molar-refractivity contribution < 1.29 is 0 Å². The van der Waals surface area contributed by atoms with Gasteiger partial charge in [0, 0.05) is 10.9 Å². The molecule has 0 bridgehead atoms. The normalized spacial score (nSPS) is 10.3. The van der Waals surface area contributed by atoms with Crippen LogP contribution in [0.5, 0.6) is 0 Å². The van der Waals surface area contributed by atoms with Gasteiger partial charge in [0.05, 0.1) is 16.9 Å². The zero-order valence-electron chi connectivity index (χ0n) is 7.82. The van der Waals surface area contributed by atoms with E-state index in [9.17, 15) is 0 Å². The van der Waals surface area contributed by atoms with E-state index in [-0.39, 0.29) is 0 Å². The summed E-state index contributed by atoms with van der Waals surface area (Å²) in [4.78, 5) is 0. The topological polar surface area (TPSA) is 25.8 Å². The van der Waals surface area contributed by atoms with E-state index in [1.165, 1.54) is 11.8 Å². The molecule has 0 aliphatic heterocycles. The zero-order valence-corrected chi connectivity index (χ0v) is 10.2. The maximum Gasteiger partial charge on any atom is 0.0689 e. The SMILES string of the molecule is Clc1cnnc(Cc2cccc(Br)c2)c1. The van der Waals surface area contributed by atoms with Gasteiger partial charge < -0.3 is 0 Å². The van der Waals surface area contributed by atoms with Crippen molar-refractivity contribution in [2.45, 2.75) is 6.42 Å². The number of aromatic nitrogens is 2. The van der Waals surface area contributed by atoms with Gasteiger partial charge in [-0.05, 0) is 23.8 Å². The second kappa shape index (κ2) is 4.73. The van der Waals surface area contributed by atoms with Gasteiger partial charge in [0.2, 0.25) is 0 Å². The minimum atomic E-state index is 0.620. The van der Waals surface area contributed by atoms with Crippen molar-refractivity contribution in [3.8, 4) is 0 Å². The minimum absolute atomic E-state index is 0.620. The predicted octanol–water partition coefficient (Wildman–Crippen LogP) is 3.48. The molecule has 0 saturated heterocycles. The molecule has 0 spiro atoms. The van der Waals surface area contributed by atoms with E-state index in [4.69, 9.17) is 11.6 Å². The molecule has 0 radical (unpaired) electrons. The highest BCUT2D eigenvalue weighted by atomic mass is 79.9. The fraction of sp³-hybridized carbons (Fsp3) is 0.0909. The van der Waals surface area contributed by atoms with Gasteiger partial charge in [-0.25, -0.2) is 0 Å². The van der Waals surface area contributed by atoms with Gasteiger partial charge in [-0.2, -0.15) is 10.2 Å². The first-order chi connectivity index (χ1) is 7.24. The van der Waals surface area contributed by atoms with Crippen LogP contribution in [0.15, 0.2) is 41.0 Å². The Balaban J connectivity index is 2.22. The van der Waals surface area contributed by atoms with Crippen LogP contribution in [0.1, 0.15) is 11.3 Å². The molecule has 0 unspecified atom stereocenters. The fourth-order valence-corrected chi connectivity index (χ4v) is 1.94. The van der Waals surface area contributed by atoms with Gasteiger partial charge in [0.1, 0.15) is 0 Å². The van der Waals surface area contributed by atoms with Crippen molar-refractivity contribution in [3.63, 3.8) is 0 Å². The molecule has 0 N–H and O–H groups in total. The summed E-state index contributed by atoms with van der Waals surface area (Å²) in [7, 11) is 0. The highest BCUT2D eigenvalue weighted by Gasteiger charge is 1.99. The fourth-order valence-electron chi connectivity index (χ4n) is 1.33. The van der Waals surface area contributed by atoms with Gasteiger partial charge in [0.25, 0.3) is 0 Å². The lowest BCUT2D eigenvalue weighted by molar-refractivity contribution is 0.936. The monoisotopic (exact) mass is 282 g/mol. The lowest BCUT2D eigenvalue weighted by Gasteiger charge is -2.01. The highest BCUT2D eigenvalue weighted by Crippen LogP contribution is 2.15. The van der Waals surface area contributed by atoms with Crippen LogP contribution in [0, 0.1) is 0 Å². The summed E-state index contributed by atoms with van der Waals surface area (Å²) in [6.07, 6.45) is 2.28. The maximum absolute atomic E-state index is 5.83. The van der Waals surface area contributed by atoms with Crippen molar-refractivity contribution in [2.75, 3.05) is 0 Å². The molecule has 4 heteroatoms. The number of halogens is 2. The summed E-state index contributed by atoms with van der Waals surface area (Å²) >= 11 is 9.26. The molecule has 0 atom stereocenters. The highest BCUT2D eigenvalue weighted by molar-refractivity contribution is 9.10. The Labute approximate surface area is 101 Å². The molecule has 2 nitrogen and oxygen atoms in total. The van der Waals surface area contributed by atoms with Crippen molar-refractivity contribution >= 4 is 27.5 Å². The van der Waals surface area contributed by atoms with Crippen LogP contribution >= 0.6 is 27.5 Å². The van der Waals surface area contributed by atoms with E-state index < -0.39 is 0 Å². The smallest absolute Gasteiger partial charge is 0.0689 e. The Morgan fingerprint density at radius 1 is 1.27 bits per heavy atom. The second-order valence-corrected chi connectivity index (χ2v) is 4.52. The quantitative estimate of drug-likeness (QED) is 0.843. The summed E-state index contributed by atoms with van der Waals surface area (Å²) in [5.74, 6) is 0. The largest absolute Gasteiger partial charge is 0.157 e. The van der Waals surface area contributed by atoms with Gasteiger partial charge in [-0.15, -0.1) is 0 Å². The van der Waals surface area contributed by atoms with Crippen molar-refractivity contribution in [1.82, 2.24) is 10.2 Å². The summed E-state index contributed by atoms with van der Waals surface area (Å²) in [5, 5.41) is 8.44. The lowest BCUT2D eigenvalue weighted by atomic mass is 10.1. The molecule has 1 aromatic heterocycles. The molecule has 0 aliphatic carbocycles. The van der Waals surface area contributed by atoms with Gasteiger partial charge in [0.15, 0.2) is 0 Å². The van der Waals surface area contributed by atoms with E-state index in [0.29, 0.717) is 5.02 Å². The third-order valence-electron chi connectivity index (χ3n) is 1.95. The maximum atomic E-state index is 5.83. The number of benzene rings is 1. The van der Waals surface area contributed by atoms with Crippen LogP contribution in [-0.2, 0) is 6.42 Å². The molecule has 1 aromatic carbocycles. The standard InChI is InChI=1S/C11H8BrClN2/c12-9-3-1-2-8(4-9)5-11-6-10(13)7-14-15-11/h1-4,6-7H,5H2. The average molecular weight is 284 g/mol. The average Bonchev–Trinajstić information content (AvgIpc) is 2.17. The number of rotatable bonds is 2. The van der Waals surface area contributed by atoms with E-state index in [0.717, 1.165) is 16.6 Å². The predicted molar refractivity (Wildman–Crippen MR) is 64.0 cm³/mol. The van der Waals surface area contributed by atoms with Gasteiger partial charge >= 0.3 is 0 Å². The molecule has 0 aliphatic rings. The zero-order chi connectivity index (χ0) is 10.7. The van der Waals surface area contributed by atoms with Crippen LogP contribution in [0.25, 0.3) is 0 Å². The van der Waals surface area contributed by atoms with Crippen molar-refractivity contribution in [3.05, 3.63) is 57.3 Å². The van der Waals surface area contributed by atoms with Crippen LogP contribution in [0.2, 0.25) is 5.02 Å². The molecule has 15 heavy (non-hydrogen) atoms. The Morgan fingerprint density at radius 3 is 2.87 bits per heavy atom. The van der Waals surface area contributed by atoms with Crippen LogP contribution in [0.4, 0.5) is 0 Å². The van der Waals surface area contributed by atoms with Crippen LogP contribution in [-0.4, -0.2) is 10.2 Å². The Kier molecular flexibility index (Phi) is 3.34. The van der Waals surface area contributed by atoms with E-state index in [1.54, 1.807) is 0 Å². The van der Waals surface area contributed by atoms with E-state index in [2.05, 4.69) is 32.2 Å². The molecule has 1 heterocycles. The van der Waals surface area contributed by atoms with Crippen molar-refractivity contribution in [1.29, 1.82) is 0 Å². The van der Waals surface area contributed by atoms with Gasteiger partial charge in [-0.1, -0.05) is 39.7 Å². The molecule has 0 saturated carbocycles. The summed E-state index contributed by atoms with van der Waals surface area (Å²) in [6.45, 7) is 0. The third kappa shape index (κ3) is 3.01. The Bertz CT molecular complexity index is 430. The van der Waals surface area contributed by atoms with E-state index in [1.807, 2.05) is 24.3 Å². The first kappa shape index (κ1) is 10.6. The van der Waals surface area contributed by atoms with E-state index >= 15 is 0 Å². The Hall–Kier alpha value is -0.930. The molecule has 76 valence electrons. The van der Waals surface area contributed by atoms with Gasteiger partial charge in [-0.3, -0.25) is 0 Å². The summed E-state index contributed by atoms with van der Waals surface area (Å²) in [5.41, 5.74) is 2.06. The number of hydrogen-bond donors (Lipinski definition) is 0. The Morgan fingerprint density at radius 2 is 2.13 bits per heavy atom. The molecule has 2 rings (SSSR count). The first-order valence-electron chi connectivity index (χ1n) is 4.45.